The Kier molecular flexibility index (Phi) is 4.31. The van der Waals surface area contributed by atoms with Crippen molar-refractivity contribution in [2.75, 3.05) is 11.5 Å². The van der Waals surface area contributed by atoms with E-state index in [1.807, 2.05) is 23.7 Å². The summed E-state index contributed by atoms with van der Waals surface area (Å²) in [6.07, 6.45) is 1.04. The first-order valence-corrected chi connectivity index (χ1v) is 7.48. The number of thiazole rings is 1. The lowest BCUT2D eigenvalue weighted by atomic mass is 10.3. The molecule has 0 unspecified atom stereocenters. The van der Waals surface area contributed by atoms with Crippen LogP contribution in [-0.2, 0) is 6.42 Å². The number of nitrogen functional groups attached to an aromatic ring is 1. The molecule has 0 radical (unpaired) electrons. The third-order valence-electron chi connectivity index (χ3n) is 2.41. The molecular formula is C12H13ClN2S2. The highest BCUT2D eigenvalue weighted by atomic mass is 35.5. The van der Waals surface area contributed by atoms with Gasteiger partial charge in [0, 0.05) is 15.5 Å². The van der Waals surface area contributed by atoms with Gasteiger partial charge in [-0.1, -0.05) is 11.6 Å². The molecular weight excluding hydrogens is 272 g/mol. The molecule has 0 bridgehead atoms. The number of aryl methyl sites for hydroxylation is 2. The summed E-state index contributed by atoms with van der Waals surface area (Å²) in [6, 6.07) is 5.77. The summed E-state index contributed by atoms with van der Waals surface area (Å²) in [6.45, 7) is 2.05. The van der Waals surface area contributed by atoms with Crippen molar-refractivity contribution in [2.24, 2.45) is 0 Å². The van der Waals surface area contributed by atoms with E-state index >= 15 is 0 Å². The Balaban J connectivity index is 1.90. The van der Waals surface area contributed by atoms with Crippen LogP contribution in [0.25, 0.3) is 0 Å². The molecule has 1 aromatic carbocycles. The van der Waals surface area contributed by atoms with Crippen LogP contribution in [0, 0.1) is 6.92 Å². The summed E-state index contributed by atoms with van der Waals surface area (Å²) in [5.41, 5.74) is 9.34. The summed E-state index contributed by atoms with van der Waals surface area (Å²) in [7, 11) is 0. The molecule has 1 aromatic heterocycles. The van der Waals surface area contributed by atoms with E-state index in [1.165, 1.54) is 4.88 Å². The van der Waals surface area contributed by atoms with E-state index in [0.29, 0.717) is 10.7 Å². The Morgan fingerprint density at radius 3 is 2.94 bits per heavy atom. The van der Waals surface area contributed by atoms with Crippen LogP contribution < -0.4 is 5.73 Å². The van der Waals surface area contributed by atoms with Gasteiger partial charge >= 0.3 is 0 Å². The van der Waals surface area contributed by atoms with E-state index in [-0.39, 0.29) is 0 Å². The van der Waals surface area contributed by atoms with Gasteiger partial charge in [-0.2, -0.15) is 0 Å². The minimum Gasteiger partial charge on any atom is -0.398 e. The number of aromatic nitrogens is 1. The molecule has 0 saturated carbocycles. The number of rotatable bonds is 4. The normalized spacial score (nSPS) is 10.7. The van der Waals surface area contributed by atoms with E-state index in [9.17, 15) is 0 Å². The molecule has 1 heterocycles. The fourth-order valence-electron chi connectivity index (χ4n) is 1.43. The highest BCUT2D eigenvalue weighted by Gasteiger charge is 2.03. The van der Waals surface area contributed by atoms with Crippen molar-refractivity contribution in [1.82, 2.24) is 4.98 Å². The second kappa shape index (κ2) is 5.76. The Morgan fingerprint density at radius 2 is 2.29 bits per heavy atom. The quantitative estimate of drug-likeness (QED) is 0.681. The lowest BCUT2D eigenvalue weighted by molar-refractivity contribution is 1.12. The summed E-state index contributed by atoms with van der Waals surface area (Å²) >= 11 is 9.48. The molecule has 90 valence electrons. The SMILES string of the molecule is Cc1ncsc1CCSc1ccc(N)c(Cl)c1. The maximum atomic E-state index is 5.97. The number of anilines is 1. The van der Waals surface area contributed by atoms with Crippen molar-refractivity contribution < 1.29 is 0 Å². The van der Waals surface area contributed by atoms with Gasteiger partial charge in [0.2, 0.25) is 0 Å². The van der Waals surface area contributed by atoms with Gasteiger partial charge in [-0.05, 0) is 31.5 Å². The van der Waals surface area contributed by atoms with Crippen LogP contribution in [0.1, 0.15) is 10.6 Å². The molecule has 0 atom stereocenters. The van der Waals surface area contributed by atoms with E-state index in [1.54, 1.807) is 23.1 Å². The number of benzene rings is 1. The van der Waals surface area contributed by atoms with Crippen LogP contribution in [0.15, 0.2) is 28.6 Å². The molecule has 2 rings (SSSR count). The maximum Gasteiger partial charge on any atom is 0.0797 e. The average Bonchev–Trinajstić information content (AvgIpc) is 2.70. The molecule has 0 fully saturated rings. The van der Waals surface area contributed by atoms with Crippen molar-refractivity contribution in [2.45, 2.75) is 18.2 Å². The number of nitrogens with zero attached hydrogens (tertiary/aromatic N) is 1. The average molecular weight is 285 g/mol. The van der Waals surface area contributed by atoms with Crippen molar-refractivity contribution in [3.63, 3.8) is 0 Å². The number of nitrogens with two attached hydrogens (primary N) is 1. The Bertz CT molecular complexity index is 511. The number of halogens is 1. The van der Waals surface area contributed by atoms with Gasteiger partial charge in [0.1, 0.15) is 0 Å². The lowest BCUT2D eigenvalue weighted by Gasteiger charge is -2.03. The monoisotopic (exact) mass is 284 g/mol. The topological polar surface area (TPSA) is 38.9 Å². The summed E-state index contributed by atoms with van der Waals surface area (Å²) in [4.78, 5) is 6.76. The molecule has 2 N–H and O–H groups in total. The van der Waals surface area contributed by atoms with Crippen molar-refractivity contribution in [3.05, 3.63) is 39.3 Å². The highest BCUT2D eigenvalue weighted by molar-refractivity contribution is 7.99. The second-order valence-electron chi connectivity index (χ2n) is 3.64. The molecule has 2 nitrogen and oxygen atoms in total. The van der Waals surface area contributed by atoms with E-state index in [4.69, 9.17) is 17.3 Å². The third-order valence-corrected chi connectivity index (χ3v) is 4.73. The Hall–Kier alpha value is -0.710. The standard InChI is InChI=1S/C12H13ClN2S2/c1-8-12(17-7-15-8)4-5-16-9-2-3-11(14)10(13)6-9/h2-3,6-7H,4-5,14H2,1H3. The van der Waals surface area contributed by atoms with Crippen LogP contribution >= 0.6 is 34.7 Å². The minimum atomic E-state index is 0.629. The predicted molar refractivity (Wildman–Crippen MR) is 77.1 cm³/mol. The molecule has 2 aromatic rings. The van der Waals surface area contributed by atoms with Crippen molar-refractivity contribution in [1.29, 1.82) is 0 Å². The summed E-state index contributed by atoms with van der Waals surface area (Å²) in [5, 5.41) is 0.629. The number of hydrogen-bond acceptors (Lipinski definition) is 4. The van der Waals surface area contributed by atoms with Crippen LogP contribution in [0.5, 0.6) is 0 Å². The molecule has 17 heavy (non-hydrogen) atoms. The lowest BCUT2D eigenvalue weighted by Crippen LogP contribution is -1.89. The van der Waals surface area contributed by atoms with Crippen LogP contribution in [0.4, 0.5) is 5.69 Å². The first kappa shape index (κ1) is 12.7. The number of hydrogen-bond donors (Lipinski definition) is 1. The summed E-state index contributed by atoms with van der Waals surface area (Å²) in [5.74, 6) is 1.03. The largest absolute Gasteiger partial charge is 0.398 e. The molecule has 0 aliphatic carbocycles. The van der Waals surface area contributed by atoms with E-state index in [0.717, 1.165) is 22.8 Å². The molecule has 0 aliphatic heterocycles. The summed E-state index contributed by atoms with van der Waals surface area (Å²) < 4.78 is 0. The zero-order chi connectivity index (χ0) is 12.3. The van der Waals surface area contributed by atoms with Crippen LogP contribution in [-0.4, -0.2) is 10.7 Å². The smallest absolute Gasteiger partial charge is 0.0797 e. The fraction of sp³-hybridized carbons (Fsp3) is 0.250. The Morgan fingerprint density at radius 1 is 1.47 bits per heavy atom. The minimum absolute atomic E-state index is 0.629. The van der Waals surface area contributed by atoms with Crippen molar-refractivity contribution >= 4 is 40.4 Å². The van der Waals surface area contributed by atoms with E-state index < -0.39 is 0 Å². The molecule has 0 aliphatic rings. The Labute approximate surface area is 114 Å². The first-order valence-electron chi connectivity index (χ1n) is 5.23. The first-order chi connectivity index (χ1) is 8.16. The maximum absolute atomic E-state index is 5.97. The van der Waals surface area contributed by atoms with Gasteiger partial charge in [-0.15, -0.1) is 23.1 Å². The van der Waals surface area contributed by atoms with Crippen molar-refractivity contribution in [3.8, 4) is 0 Å². The predicted octanol–water partition coefficient (Wildman–Crippen LogP) is 4.02. The van der Waals surface area contributed by atoms with E-state index in [2.05, 4.69) is 11.9 Å². The third kappa shape index (κ3) is 3.37. The fourth-order valence-corrected chi connectivity index (χ4v) is 3.49. The highest BCUT2D eigenvalue weighted by Crippen LogP contribution is 2.27. The van der Waals surface area contributed by atoms with Crippen LogP contribution in [0.2, 0.25) is 5.02 Å². The molecule has 0 saturated heterocycles. The van der Waals surface area contributed by atoms with Gasteiger partial charge in [0.25, 0.3) is 0 Å². The molecule has 5 heteroatoms. The van der Waals surface area contributed by atoms with Gasteiger partial charge < -0.3 is 5.73 Å². The zero-order valence-corrected chi connectivity index (χ0v) is 11.8. The number of thioether (sulfide) groups is 1. The molecule has 0 amide bonds. The zero-order valence-electron chi connectivity index (χ0n) is 9.44. The molecule has 0 spiro atoms. The van der Waals surface area contributed by atoms with Gasteiger partial charge in [-0.3, -0.25) is 0 Å². The van der Waals surface area contributed by atoms with Crippen LogP contribution in [0.3, 0.4) is 0 Å². The second-order valence-corrected chi connectivity index (χ2v) is 6.16. The van der Waals surface area contributed by atoms with Gasteiger partial charge in [-0.25, -0.2) is 4.98 Å². The van der Waals surface area contributed by atoms with Gasteiger partial charge in [0.05, 0.1) is 21.9 Å². The van der Waals surface area contributed by atoms with Gasteiger partial charge in [0.15, 0.2) is 0 Å².